The van der Waals surface area contributed by atoms with Crippen molar-refractivity contribution in [2.75, 3.05) is 30.3 Å². The molecule has 1 aliphatic heterocycles. The molecule has 128 valence electrons. The minimum absolute atomic E-state index is 0.0489. The van der Waals surface area contributed by atoms with Gasteiger partial charge in [-0.3, -0.25) is 0 Å². The van der Waals surface area contributed by atoms with E-state index in [1.807, 2.05) is 12.1 Å². The molecule has 0 radical (unpaired) electrons. The molecular formula is C19H26N4O. The predicted octanol–water partition coefficient (Wildman–Crippen LogP) is 2.66. The molecule has 1 saturated heterocycles. The van der Waals surface area contributed by atoms with Gasteiger partial charge in [0.2, 0.25) is 0 Å². The van der Waals surface area contributed by atoms with Crippen molar-refractivity contribution < 1.29 is 5.11 Å². The van der Waals surface area contributed by atoms with E-state index in [1.165, 1.54) is 11.9 Å². The highest BCUT2D eigenvalue weighted by molar-refractivity contribution is 5.46. The smallest absolute Gasteiger partial charge is 0.134 e. The molecule has 1 aromatic heterocycles. The Bertz CT molecular complexity index is 649. The van der Waals surface area contributed by atoms with Crippen molar-refractivity contribution in [3.63, 3.8) is 0 Å². The van der Waals surface area contributed by atoms with Crippen LogP contribution in [0.3, 0.4) is 0 Å². The van der Waals surface area contributed by atoms with Gasteiger partial charge < -0.3 is 15.7 Å². The number of nitrogen functional groups attached to an aromatic ring is 1. The van der Waals surface area contributed by atoms with Crippen LogP contribution in [0.4, 0.5) is 11.6 Å². The largest absolute Gasteiger partial charge is 0.396 e. The van der Waals surface area contributed by atoms with Crippen LogP contribution in [0.25, 0.3) is 0 Å². The van der Waals surface area contributed by atoms with Gasteiger partial charge in [-0.2, -0.15) is 0 Å². The molecular weight excluding hydrogens is 300 g/mol. The van der Waals surface area contributed by atoms with Crippen LogP contribution in [0.1, 0.15) is 31.2 Å². The lowest BCUT2D eigenvalue weighted by atomic mass is 9.76. The molecule has 0 saturated carbocycles. The molecule has 1 fully saturated rings. The molecule has 5 nitrogen and oxygen atoms in total. The highest BCUT2D eigenvalue weighted by Crippen LogP contribution is 2.36. The molecule has 1 aromatic carbocycles. The summed E-state index contributed by atoms with van der Waals surface area (Å²) >= 11 is 0. The third-order valence-electron chi connectivity index (χ3n) is 5.01. The van der Waals surface area contributed by atoms with Crippen molar-refractivity contribution >= 4 is 11.6 Å². The quantitative estimate of drug-likeness (QED) is 0.853. The zero-order valence-electron chi connectivity index (χ0n) is 14.1. The van der Waals surface area contributed by atoms with Gasteiger partial charge in [0.25, 0.3) is 0 Å². The summed E-state index contributed by atoms with van der Waals surface area (Å²) < 4.78 is 0. The van der Waals surface area contributed by atoms with Crippen LogP contribution < -0.4 is 10.6 Å². The molecule has 3 rings (SSSR count). The summed E-state index contributed by atoms with van der Waals surface area (Å²) in [5.41, 5.74) is 7.10. The molecule has 24 heavy (non-hydrogen) atoms. The zero-order valence-corrected chi connectivity index (χ0v) is 14.1. The number of aryl methyl sites for hydroxylation is 1. The van der Waals surface area contributed by atoms with Crippen molar-refractivity contribution in [3.05, 3.63) is 48.3 Å². The molecule has 1 atom stereocenters. The standard InChI is InChI=1S/C19H26N4O/c20-17-12-18(22-15-21-17)23-11-5-10-19(13-23,14-24)9-4-8-16-6-2-1-3-7-16/h1-3,6-7,12,15,24H,4-5,8-11,13-14H2,(H2,20,21,22)/t19-/m0/s1. The van der Waals surface area contributed by atoms with Crippen molar-refractivity contribution in [2.45, 2.75) is 32.1 Å². The summed E-state index contributed by atoms with van der Waals surface area (Å²) in [5.74, 6) is 1.35. The highest BCUT2D eigenvalue weighted by atomic mass is 16.3. The summed E-state index contributed by atoms with van der Waals surface area (Å²) in [4.78, 5) is 10.5. The van der Waals surface area contributed by atoms with E-state index in [9.17, 15) is 5.11 Å². The number of aliphatic hydroxyl groups excluding tert-OH is 1. The Morgan fingerprint density at radius 3 is 2.79 bits per heavy atom. The first-order chi connectivity index (χ1) is 11.7. The molecule has 2 aromatic rings. The molecule has 0 amide bonds. The fourth-order valence-electron chi connectivity index (χ4n) is 3.66. The van der Waals surface area contributed by atoms with E-state index in [2.05, 4.69) is 39.1 Å². The first-order valence-corrected chi connectivity index (χ1v) is 8.68. The Kier molecular flexibility index (Phi) is 5.30. The minimum Gasteiger partial charge on any atom is -0.396 e. The molecule has 1 aliphatic rings. The number of nitrogens with zero attached hydrogens (tertiary/aromatic N) is 3. The van der Waals surface area contributed by atoms with Gasteiger partial charge in [0, 0.05) is 24.6 Å². The molecule has 0 spiro atoms. The van der Waals surface area contributed by atoms with Crippen molar-refractivity contribution in [1.82, 2.24) is 9.97 Å². The van der Waals surface area contributed by atoms with Crippen molar-refractivity contribution in [3.8, 4) is 0 Å². The van der Waals surface area contributed by atoms with Crippen LogP contribution in [0.15, 0.2) is 42.7 Å². The average molecular weight is 326 g/mol. The number of anilines is 2. The average Bonchev–Trinajstić information content (AvgIpc) is 2.63. The third kappa shape index (κ3) is 4.03. The van der Waals surface area contributed by atoms with E-state index in [-0.39, 0.29) is 12.0 Å². The number of piperidine rings is 1. The van der Waals surface area contributed by atoms with E-state index in [1.54, 1.807) is 0 Å². The van der Waals surface area contributed by atoms with Crippen LogP contribution in [-0.4, -0.2) is 34.8 Å². The lowest BCUT2D eigenvalue weighted by Crippen LogP contribution is -2.46. The number of rotatable bonds is 6. The second kappa shape index (κ2) is 7.62. The fraction of sp³-hybridized carbons (Fsp3) is 0.474. The number of hydrogen-bond acceptors (Lipinski definition) is 5. The zero-order chi connectivity index (χ0) is 16.8. The molecule has 0 aliphatic carbocycles. The van der Waals surface area contributed by atoms with Gasteiger partial charge in [-0.15, -0.1) is 0 Å². The van der Waals surface area contributed by atoms with Crippen LogP contribution in [0.5, 0.6) is 0 Å². The summed E-state index contributed by atoms with van der Waals surface area (Å²) in [6, 6.07) is 12.4. The molecule has 3 N–H and O–H groups in total. The van der Waals surface area contributed by atoms with Gasteiger partial charge in [-0.05, 0) is 37.7 Å². The van der Waals surface area contributed by atoms with E-state index < -0.39 is 0 Å². The third-order valence-corrected chi connectivity index (χ3v) is 5.01. The van der Waals surface area contributed by atoms with E-state index in [0.29, 0.717) is 5.82 Å². The number of aliphatic hydroxyl groups is 1. The van der Waals surface area contributed by atoms with E-state index >= 15 is 0 Å². The maximum Gasteiger partial charge on any atom is 0.134 e. The van der Waals surface area contributed by atoms with Crippen LogP contribution >= 0.6 is 0 Å². The lowest BCUT2D eigenvalue weighted by molar-refractivity contribution is 0.0939. The minimum atomic E-state index is -0.0489. The van der Waals surface area contributed by atoms with E-state index in [0.717, 1.165) is 51.0 Å². The second-order valence-corrected chi connectivity index (χ2v) is 6.82. The number of nitrogens with two attached hydrogens (primary N) is 1. The fourth-order valence-corrected chi connectivity index (χ4v) is 3.66. The molecule has 0 unspecified atom stereocenters. The molecule has 0 bridgehead atoms. The monoisotopic (exact) mass is 326 g/mol. The Morgan fingerprint density at radius 1 is 1.21 bits per heavy atom. The lowest BCUT2D eigenvalue weighted by Gasteiger charge is -2.42. The van der Waals surface area contributed by atoms with Gasteiger partial charge in [-0.25, -0.2) is 9.97 Å². The predicted molar refractivity (Wildman–Crippen MR) is 96.8 cm³/mol. The maximum atomic E-state index is 10.1. The topological polar surface area (TPSA) is 75.3 Å². The summed E-state index contributed by atoms with van der Waals surface area (Å²) in [6.45, 7) is 2.00. The summed E-state index contributed by atoms with van der Waals surface area (Å²) in [5, 5.41) is 10.1. The molecule has 2 heterocycles. The first-order valence-electron chi connectivity index (χ1n) is 8.68. The summed E-state index contributed by atoms with van der Waals surface area (Å²) in [6.07, 6.45) is 6.81. The van der Waals surface area contributed by atoms with Gasteiger partial charge in [0.15, 0.2) is 0 Å². The van der Waals surface area contributed by atoms with Crippen molar-refractivity contribution in [2.24, 2.45) is 5.41 Å². The number of aromatic nitrogens is 2. The highest BCUT2D eigenvalue weighted by Gasteiger charge is 2.35. The van der Waals surface area contributed by atoms with Gasteiger partial charge >= 0.3 is 0 Å². The Balaban J connectivity index is 1.63. The number of hydrogen-bond donors (Lipinski definition) is 2. The van der Waals surface area contributed by atoms with Gasteiger partial charge in [-0.1, -0.05) is 30.3 Å². The Morgan fingerprint density at radius 2 is 2.04 bits per heavy atom. The SMILES string of the molecule is Nc1cc(N2CCC[C@@](CO)(CCCc3ccccc3)C2)ncn1. The second-order valence-electron chi connectivity index (χ2n) is 6.82. The summed E-state index contributed by atoms with van der Waals surface area (Å²) in [7, 11) is 0. The van der Waals surface area contributed by atoms with Gasteiger partial charge in [0.1, 0.15) is 18.0 Å². The van der Waals surface area contributed by atoms with Crippen molar-refractivity contribution in [1.29, 1.82) is 0 Å². The Labute approximate surface area is 143 Å². The van der Waals surface area contributed by atoms with E-state index in [4.69, 9.17) is 5.73 Å². The first kappa shape index (κ1) is 16.7. The normalized spacial score (nSPS) is 21.0. The molecule has 5 heteroatoms. The van der Waals surface area contributed by atoms with Crippen LogP contribution in [-0.2, 0) is 6.42 Å². The van der Waals surface area contributed by atoms with Gasteiger partial charge in [0.05, 0.1) is 6.61 Å². The maximum absolute atomic E-state index is 10.1. The Hall–Kier alpha value is -2.14. The van der Waals surface area contributed by atoms with Crippen LogP contribution in [0.2, 0.25) is 0 Å². The number of benzene rings is 1. The van der Waals surface area contributed by atoms with Crippen LogP contribution in [0, 0.1) is 5.41 Å².